The zero-order valence-corrected chi connectivity index (χ0v) is 16.2. The summed E-state index contributed by atoms with van der Waals surface area (Å²) in [5.41, 5.74) is 0.706. The van der Waals surface area contributed by atoms with Gasteiger partial charge in [0.25, 0.3) is 11.7 Å². The minimum atomic E-state index is -0.726. The molecule has 5 nitrogen and oxygen atoms in total. The molecular formula is C21H20FNO4S. The van der Waals surface area contributed by atoms with Crippen molar-refractivity contribution >= 4 is 28.8 Å². The quantitative estimate of drug-likeness (QED) is 0.481. The Morgan fingerprint density at radius 2 is 2.18 bits per heavy atom. The van der Waals surface area contributed by atoms with Gasteiger partial charge in [0.15, 0.2) is 0 Å². The number of nitrogens with zero attached hydrogens (tertiary/aromatic N) is 1. The summed E-state index contributed by atoms with van der Waals surface area (Å²) in [5, 5.41) is 12.8. The number of likely N-dealkylation sites (tertiary alicyclic amines) is 1. The number of halogens is 1. The fourth-order valence-corrected chi connectivity index (χ4v) is 4.61. The van der Waals surface area contributed by atoms with E-state index in [1.54, 1.807) is 6.92 Å². The van der Waals surface area contributed by atoms with Crippen LogP contribution in [0.1, 0.15) is 34.9 Å². The summed E-state index contributed by atoms with van der Waals surface area (Å²) >= 11 is 1.42. The van der Waals surface area contributed by atoms with Gasteiger partial charge in [-0.15, -0.1) is 11.3 Å². The van der Waals surface area contributed by atoms with Crippen LogP contribution in [0.25, 0.3) is 5.76 Å². The number of hydrogen-bond acceptors (Lipinski definition) is 5. The molecule has 2 saturated heterocycles. The van der Waals surface area contributed by atoms with Crippen LogP contribution in [0.5, 0.6) is 0 Å². The predicted molar refractivity (Wildman–Crippen MR) is 103 cm³/mol. The third-order valence-corrected chi connectivity index (χ3v) is 6.13. The second kappa shape index (κ2) is 7.48. The highest BCUT2D eigenvalue weighted by atomic mass is 32.1. The van der Waals surface area contributed by atoms with Gasteiger partial charge in [0.05, 0.1) is 17.7 Å². The van der Waals surface area contributed by atoms with Crippen LogP contribution in [0.3, 0.4) is 0 Å². The van der Waals surface area contributed by atoms with Crippen molar-refractivity contribution in [1.29, 1.82) is 0 Å². The van der Waals surface area contributed by atoms with Crippen LogP contribution in [0, 0.1) is 12.7 Å². The van der Waals surface area contributed by atoms with Gasteiger partial charge in [0, 0.05) is 23.6 Å². The summed E-state index contributed by atoms with van der Waals surface area (Å²) in [6.07, 6.45) is 1.64. The summed E-state index contributed by atoms with van der Waals surface area (Å²) in [5.74, 6) is -2.05. The van der Waals surface area contributed by atoms with Gasteiger partial charge in [-0.05, 0) is 55.0 Å². The number of aliphatic hydroxyl groups excluding tert-OH is 1. The standard InChI is InChI=1S/C21H20FNO4S/c1-12-10-13(6-7-15(12)22)19(24)17-18(16-5-3-9-28-16)23(21(26)20(17)25)11-14-4-2-8-27-14/h3,5-7,9-10,14,18,24H,2,4,8,11H2,1H3/b19-17-. The molecule has 2 aromatic rings. The van der Waals surface area contributed by atoms with E-state index >= 15 is 0 Å². The lowest BCUT2D eigenvalue weighted by molar-refractivity contribution is -0.140. The van der Waals surface area contributed by atoms with Gasteiger partial charge >= 0.3 is 0 Å². The highest BCUT2D eigenvalue weighted by molar-refractivity contribution is 7.10. The number of ketones is 1. The van der Waals surface area contributed by atoms with Crippen molar-refractivity contribution in [2.45, 2.75) is 31.9 Å². The van der Waals surface area contributed by atoms with Crippen LogP contribution >= 0.6 is 11.3 Å². The van der Waals surface area contributed by atoms with Crippen LogP contribution in [-0.2, 0) is 14.3 Å². The van der Waals surface area contributed by atoms with Gasteiger partial charge in [0.1, 0.15) is 11.6 Å². The maximum Gasteiger partial charge on any atom is 0.295 e. The first-order valence-corrected chi connectivity index (χ1v) is 10.0. The largest absolute Gasteiger partial charge is 0.507 e. The zero-order valence-electron chi connectivity index (χ0n) is 15.4. The summed E-state index contributed by atoms with van der Waals surface area (Å²) in [7, 11) is 0. The Hall–Kier alpha value is -2.51. The monoisotopic (exact) mass is 401 g/mol. The molecule has 1 aromatic heterocycles. The Labute approximate surface area is 166 Å². The molecule has 1 aromatic carbocycles. The molecule has 2 aliphatic rings. The number of Topliss-reactive ketones (excluding diaryl/α,β-unsaturated/α-hetero) is 1. The molecule has 28 heavy (non-hydrogen) atoms. The SMILES string of the molecule is Cc1cc(/C(O)=C2/C(=O)C(=O)N(CC3CCCO3)C2c2cccs2)ccc1F. The number of thiophene rings is 1. The summed E-state index contributed by atoms with van der Waals surface area (Å²) < 4.78 is 19.3. The number of aryl methyl sites for hydroxylation is 1. The molecule has 2 aliphatic heterocycles. The molecule has 146 valence electrons. The Kier molecular flexibility index (Phi) is 5.03. The number of aliphatic hydroxyl groups is 1. The van der Waals surface area contributed by atoms with E-state index in [0.29, 0.717) is 24.3 Å². The van der Waals surface area contributed by atoms with Crippen molar-refractivity contribution in [1.82, 2.24) is 4.90 Å². The van der Waals surface area contributed by atoms with Crippen molar-refractivity contribution in [3.63, 3.8) is 0 Å². The van der Waals surface area contributed by atoms with Gasteiger partial charge in [-0.1, -0.05) is 6.07 Å². The molecule has 1 N–H and O–H groups in total. The predicted octanol–water partition coefficient (Wildman–Crippen LogP) is 3.80. The van der Waals surface area contributed by atoms with E-state index in [0.717, 1.165) is 17.7 Å². The van der Waals surface area contributed by atoms with Crippen molar-refractivity contribution in [2.24, 2.45) is 0 Å². The van der Waals surface area contributed by atoms with E-state index in [2.05, 4.69) is 0 Å². The molecule has 0 bridgehead atoms. The van der Waals surface area contributed by atoms with Gasteiger partial charge in [-0.3, -0.25) is 9.59 Å². The fraction of sp³-hybridized carbons (Fsp3) is 0.333. The highest BCUT2D eigenvalue weighted by Gasteiger charge is 2.47. The molecule has 4 rings (SSSR count). The Balaban J connectivity index is 1.80. The smallest absolute Gasteiger partial charge is 0.295 e. The molecule has 3 heterocycles. The van der Waals surface area contributed by atoms with Crippen molar-refractivity contribution < 1.29 is 23.8 Å². The van der Waals surface area contributed by atoms with E-state index in [4.69, 9.17) is 4.74 Å². The average Bonchev–Trinajstić information content (AvgIpc) is 3.42. The molecule has 0 radical (unpaired) electrons. The van der Waals surface area contributed by atoms with Crippen LogP contribution in [-0.4, -0.2) is 41.0 Å². The van der Waals surface area contributed by atoms with Crippen LogP contribution < -0.4 is 0 Å². The summed E-state index contributed by atoms with van der Waals surface area (Å²) in [6.45, 7) is 2.53. The number of amides is 1. The van der Waals surface area contributed by atoms with Crippen molar-refractivity contribution in [2.75, 3.05) is 13.2 Å². The average molecular weight is 401 g/mol. The molecule has 0 aliphatic carbocycles. The van der Waals surface area contributed by atoms with Gasteiger partial charge in [0.2, 0.25) is 0 Å². The third-order valence-electron chi connectivity index (χ3n) is 5.21. The zero-order chi connectivity index (χ0) is 19.8. The number of rotatable bonds is 4. The Morgan fingerprint density at radius 3 is 2.82 bits per heavy atom. The fourth-order valence-electron chi connectivity index (χ4n) is 3.77. The van der Waals surface area contributed by atoms with Crippen molar-refractivity contribution in [3.05, 3.63) is 63.1 Å². The molecule has 2 atom stereocenters. The molecule has 0 saturated carbocycles. The normalized spacial score (nSPS) is 24.3. The van der Waals surface area contributed by atoms with E-state index in [9.17, 15) is 19.1 Å². The molecule has 2 unspecified atom stereocenters. The molecule has 0 spiro atoms. The first-order valence-electron chi connectivity index (χ1n) is 9.17. The lowest BCUT2D eigenvalue weighted by Gasteiger charge is -2.26. The minimum Gasteiger partial charge on any atom is -0.507 e. The van der Waals surface area contributed by atoms with Crippen LogP contribution in [0.4, 0.5) is 4.39 Å². The number of ether oxygens (including phenoxy) is 1. The van der Waals surface area contributed by atoms with Gasteiger partial charge < -0.3 is 14.7 Å². The molecular weight excluding hydrogens is 381 g/mol. The van der Waals surface area contributed by atoms with E-state index in [1.807, 2.05) is 17.5 Å². The lowest BCUT2D eigenvalue weighted by atomic mass is 9.99. The Morgan fingerprint density at radius 1 is 1.36 bits per heavy atom. The van der Waals surface area contributed by atoms with Crippen LogP contribution in [0.2, 0.25) is 0 Å². The summed E-state index contributed by atoms with van der Waals surface area (Å²) in [6, 6.07) is 7.14. The highest BCUT2D eigenvalue weighted by Crippen LogP contribution is 2.41. The third kappa shape index (κ3) is 3.25. The van der Waals surface area contributed by atoms with E-state index in [1.165, 1.54) is 34.4 Å². The van der Waals surface area contributed by atoms with Crippen molar-refractivity contribution in [3.8, 4) is 0 Å². The maximum atomic E-state index is 13.6. The maximum absolute atomic E-state index is 13.6. The van der Waals surface area contributed by atoms with Gasteiger partial charge in [-0.2, -0.15) is 0 Å². The number of carbonyl (C=O) groups excluding carboxylic acids is 2. The minimum absolute atomic E-state index is 0.0384. The van der Waals surface area contributed by atoms with Crippen LogP contribution in [0.15, 0.2) is 41.3 Å². The number of benzene rings is 1. The number of hydrogen-bond donors (Lipinski definition) is 1. The topological polar surface area (TPSA) is 66.8 Å². The second-order valence-electron chi connectivity index (χ2n) is 7.07. The molecule has 7 heteroatoms. The lowest BCUT2D eigenvalue weighted by Crippen LogP contribution is -2.36. The van der Waals surface area contributed by atoms with Gasteiger partial charge in [-0.25, -0.2) is 4.39 Å². The van der Waals surface area contributed by atoms with E-state index < -0.39 is 23.5 Å². The first kappa shape index (κ1) is 18.8. The Bertz CT molecular complexity index is 947. The second-order valence-corrected chi connectivity index (χ2v) is 8.05. The summed E-state index contributed by atoms with van der Waals surface area (Å²) in [4.78, 5) is 27.9. The molecule has 1 amide bonds. The molecule has 2 fully saturated rings. The van der Waals surface area contributed by atoms with E-state index in [-0.39, 0.29) is 17.4 Å². The number of carbonyl (C=O) groups is 2. The first-order chi connectivity index (χ1) is 13.5.